The summed E-state index contributed by atoms with van der Waals surface area (Å²) in [6.07, 6.45) is 3.45. The van der Waals surface area contributed by atoms with Crippen molar-refractivity contribution in [2.75, 3.05) is 0 Å². The lowest BCUT2D eigenvalue weighted by Gasteiger charge is -2.13. The number of benzene rings is 2. The van der Waals surface area contributed by atoms with Gasteiger partial charge in [-0.15, -0.1) is 0 Å². The van der Waals surface area contributed by atoms with E-state index in [1.165, 1.54) is 23.1 Å². The lowest BCUT2D eigenvalue weighted by molar-refractivity contribution is -0.128. The molecule has 0 bridgehead atoms. The molecule has 1 unspecified atom stereocenters. The Bertz CT molecular complexity index is 624. The standard InChI is InChI=1S/C20H22O2/c1-4-6-16-7-9-17(10-8-16)15(3)18-11-13-19(14-12-18)22-20(21)5-2/h5,7-15H,2,4,6H2,1,3H3. The summed E-state index contributed by atoms with van der Waals surface area (Å²) in [4.78, 5) is 11.2. The van der Waals surface area contributed by atoms with Crippen molar-refractivity contribution < 1.29 is 9.53 Å². The van der Waals surface area contributed by atoms with E-state index in [1.54, 1.807) is 0 Å². The molecule has 0 aliphatic rings. The van der Waals surface area contributed by atoms with Crippen LogP contribution >= 0.6 is 0 Å². The SMILES string of the molecule is C=CC(=O)Oc1ccc(C(C)c2ccc(CCC)cc2)cc1. The maximum Gasteiger partial charge on any atom is 0.335 e. The molecule has 22 heavy (non-hydrogen) atoms. The van der Waals surface area contributed by atoms with Crippen molar-refractivity contribution in [1.29, 1.82) is 0 Å². The van der Waals surface area contributed by atoms with Crippen LogP contribution in [0.4, 0.5) is 0 Å². The first kappa shape index (κ1) is 16.0. The molecule has 2 rings (SSSR count). The van der Waals surface area contributed by atoms with Crippen LogP contribution in [0.5, 0.6) is 5.75 Å². The van der Waals surface area contributed by atoms with Crippen molar-refractivity contribution in [3.05, 3.63) is 77.9 Å². The Balaban J connectivity index is 2.10. The van der Waals surface area contributed by atoms with Crippen LogP contribution in [-0.4, -0.2) is 5.97 Å². The molecule has 0 amide bonds. The molecule has 0 N–H and O–H groups in total. The highest BCUT2D eigenvalue weighted by atomic mass is 16.5. The van der Waals surface area contributed by atoms with Gasteiger partial charge in [0.1, 0.15) is 5.75 Å². The van der Waals surface area contributed by atoms with E-state index in [0.717, 1.165) is 12.5 Å². The molecule has 114 valence electrons. The number of ether oxygens (including phenoxy) is 1. The number of hydrogen-bond acceptors (Lipinski definition) is 2. The smallest absolute Gasteiger partial charge is 0.335 e. The van der Waals surface area contributed by atoms with Crippen LogP contribution in [0, 0.1) is 0 Å². The fourth-order valence-corrected chi connectivity index (χ4v) is 2.44. The van der Waals surface area contributed by atoms with E-state index in [1.807, 2.05) is 24.3 Å². The fourth-order valence-electron chi connectivity index (χ4n) is 2.44. The molecule has 0 aliphatic heterocycles. The van der Waals surface area contributed by atoms with Crippen molar-refractivity contribution in [2.45, 2.75) is 32.6 Å². The maximum absolute atomic E-state index is 11.2. The third kappa shape index (κ3) is 4.08. The minimum absolute atomic E-state index is 0.305. The summed E-state index contributed by atoms with van der Waals surface area (Å²) < 4.78 is 5.09. The van der Waals surface area contributed by atoms with Gasteiger partial charge >= 0.3 is 5.97 Å². The Morgan fingerprint density at radius 3 is 2.14 bits per heavy atom. The van der Waals surface area contributed by atoms with Crippen LogP contribution in [-0.2, 0) is 11.2 Å². The number of rotatable bonds is 6. The molecule has 0 heterocycles. The molecule has 0 radical (unpaired) electrons. The molecule has 0 saturated heterocycles. The third-order valence-corrected chi connectivity index (χ3v) is 3.78. The van der Waals surface area contributed by atoms with Gasteiger partial charge < -0.3 is 4.74 Å². The molecule has 2 heteroatoms. The van der Waals surface area contributed by atoms with Gasteiger partial charge in [-0.2, -0.15) is 0 Å². The molecule has 2 aromatic carbocycles. The van der Waals surface area contributed by atoms with Gasteiger partial charge in [0.15, 0.2) is 0 Å². The topological polar surface area (TPSA) is 26.3 Å². The zero-order valence-electron chi connectivity index (χ0n) is 13.2. The van der Waals surface area contributed by atoms with E-state index in [2.05, 4.69) is 44.7 Å². The number of hydrogen-bond donors (Lipinski definition) is 0. The summed E-state index contributed by atoms with van der Waals surface area (Å²) >= 11 is 0. The first-order chi connectivity index (χ1) is 10.6. The van der Waals surface area contributed by atoms with Gasteiger partial charge in [0.2, 0.25) is 0 Å². The normalized spacial score (nSPS) is 11.7. The number of carbonyl (C=O) groups is 1. The largest absolute Gasteiger partial charge is 0.423 e. The second-order valence-corrected chi connectivity index (χ2v) is 5.41. The Kier molecular flexibility index (Phi) is 5.54. The first-order valence-electron chi connectivity index (χ1n) is 7.67. The van der Waals surface area contributed by atoms with Gasteiger partial charge in [0.25, 0.3) is 0 Å². The van der Waals surface area contributed by atoms with E-state index < -0.39 is 5.97 Å². The van der Waals surface area contributed by atoms with E-state index in [-0.39, 0.29) is 0 Å². The first-order valence-corrected chi connectivity index (χ1v) is 7.67. The van der Waals surface area contributed by atoms with Gasteiger partial charge in [0, 0.05) is 12.0 Å². The summed E-state index contributed by atoms with van der Waals surface area (Å²) in [6, 6.07) is 16.4. The predicted octanol–water partition coefficient (Wildman–Crippen LogP) is 4.88. The lowest BCUT2D eigenvalue weighted by atomic mass is 9.92. The summed E-state index contributed by atoms with van der Waals surface area (Å²) in [5.41, 5.74) is 3.86. The second-order valence-electron chi connectivity index (χ2n) is 5.41. The maximum atomic E-state index is 11.2. The van der Waals surface area contributed by atoms with Crippen LogP contribution in [0.2, 0.25) is 0 Å². The summed E-state index contributed by atoms with van der Waals surface area (Å²) in [7, 11) is 0. The molecule has 2 nitrogen and oxygen atoms in total. The quantitative estimate of drug-likeness (QED) is 0.431. The number of esters is 1. The molecular formula is C20H22O2. The Morgan fingerprint density at radius 2 is 1.64 bits per heavy atom. The summed E-state index contributed by atoms with van der Waals surface area (Å²) in [6.45, 7) is 7.76. The molecule has 0 spiro atoms. The second kappa shape index (κ2) is 7.60. The molecule has 0 aromatic heterocycles. The average molecular weight is 294 g/mol. The van der Waals surface area contributed by atoms with E-state index in [0.29, 0.717) is 11.7 Å². The highest BCUT2D eigenvalue weighted by molar-refractivity contribution is 5.83. The molecule has 0 saturated carbocycles. The van der Waals surface area contributed by atoms with Crippen LogP contribution in [0.1, 0.15) is 42.9 Å². The Labute approximate surface area is 132 Å². The fraction of sp³-hybridized carbons (Fsp3) is 0.250. The van der Waals surface area contributed by atoms with Crippen molar-refractivity contribution in [3.63, 3.8) is 0 Å². The average Bonchev–Trinajstić information content (AvgIpc) is 2.56. The molecule has 0 aliphatic carbocycles. The van der Waals surface area contributed by atoms with E-state index in [4.69, 9.17) is 4.74 Å². The molecule has 2 aromatic rings. The van der Waals surface area contributed by atoms with Gasteiger partial charge in [0.05, 0.1) is 0 Å². The third-order valence-electron chi connectivity index (χ3n) is 3.78. The minimum Gasteiger partial charge on any atom is -0.423 e. The van der Waals surface area contributed by atoms with Crippen molar-refractivity contribution >= 4 is 5.97 Å². The van der Waals surface area contributed by atoms with Crippen molar-refractivity contribution in [3.8, 4) is 5.75 Å². The van der Waals surface area contributed by atoms with Crippen molar-refractivity contribution in [1.82, 2.24) is 0 Å². The zero-order chi connectivity index (χ0) is 15.9. The zero-order valence-corrected chi connectivity index (χ0v) is 13.2. The van der Waals surface area contributed by atoms with Crippen LogP contribution < -0.4 is 4.74 Å². The number of aryl methyl sites for hydroxylation is 1. The Morgan fingerprint density at radius 1 is 1.09 bits per heavy atom. The number of carbonyl (C=O) groups excluding carboxylic acids is 1. The van der Waals surface area contributed by atoms with E-state index >= 15 is 0 Å². The predicted molar refractivity (Wildman–Crippen MR) is 90.2 cm³/mol. The van der Waals surface area contributed by atoms with Gasteiger partial charge in [-0.25, -0.2) is 4.79 Å². The van der Waals surface area contributed by atoms with Gasteiger partial charge in [-0.1, -0.05) is 63.2 Å². The van der Waals surface area contributed by atoms with Crippen molar-refractivity contribution in [2.24, 2.45) is 0 Å². The highest BCUT2D eigenvalue weighted by Gasteiger charge is 2.09. The van der Waals surface area contributed by atoms with Crippen LogP contribution in [0.15, 0.2) is 61.2 Å². The summed E-state index contributed by atoms with van der Waals surface area (Å²) in [5, 5.41) is 0. The minimum atomic E-state index is -0.438. The van der Waals surface area contributed by atoms with Gasteiger partial charge in [-0.05, 0) is 35.2 Å². The van der Waals surface area contributed by atoms with E-state index in [9.17, 15) is 4.79 Å². The Hall–Kier alpha value is -2.35. The van der Waals surface area contributed by atoms with Gasteiger partial charge in [-0.3, -0.25) is 0 Å². The highest BCUT2D eigenvalue weighted by Crippen LogP contribution is 2.26. The monoisotopic (exact) mass is 294 g/mol. The molecule has 0 fully saturated rings. The van der Waals surface area contributed by atoms with Crippen LogP contribution in [0.3, 0.4) is 0 Å². The summed E-state index contributed by atoms with van der Waals surface area (Å²) in [5.74, 6) is 0.409. The lowest BCUT2D eigenvalue weighted by Crippen LogP contribution is -2.03. The van der Waals surface area contributed by atoms with Crippen LogP contribution in [0.25, 0.3) is 0 Å². The molecular weight excluding hydrogens is 272 g/mol. The molecule has 1 atom stereocenters.